The summed E-state index contributed by atoms with van der Waals surface area (Å²) in [6.45, 7) is 9.24. The van der Waals surface area contributed by atoms with Gasteiger partial charge in [0.1, 0.15) is 6.10 Å². The lowest BCUT2D eigenvalue weighted by molar-refractivity contribution is 0.0744. The third-order valence-corrected chi connectivity index (χ3v) is 4.33. The number of ether oxygens (including phenoxy) is 1. The van der Waals surface area contributed by atoms with Crippen molar-refractivity contribution in [3.8, 4) is 0 Å². The van der Waals surface area contributed by atoms with Crippen LogP contribution in [-0.2, 0) is 4.74 Å². The normalized spacial score (nSPS) is 12.3. The maximum atomic E-state index is 6.06. The van der Waals surface area contributed by atoms with Crippen molar-refractivity contribution < 1.29 is 4.74 Å². The highest BCUT2D eigenvalue weighted by atomic mass is 16.5. The molecule has 1 aromatic carbocycles. The van der Waals surface area contributed by atoms with Crippen LogP contribution < -0.4 is 0 Å². The minimum Gasteiger partial charge on any atom is -0.369 e. The molecule has 0 saturated carbocycles. The minimum absolute atomic E-state index is 0.0507. The molecule has 1 heteroatoms. The SMILES string of the molecule is C=C(C)C(OCCCCCCCCCCCC)c1ccccc1. The zero-order chi connectivity index (χ0) is 16.8. The molecule has 0 aromatic heterocycles. The molecule has 0 N–H and O–H groups in total. The fourth-order valence-corrected chi connectivity index (χ4v) is 2.94. The average molecular weight is 317 g/mol. The monoisotopic (exact) mass is 316 g/mol. The number of hydrogen-bond acceptors (Lipinski definition) is 1. The van der Waals surface area contributed by atoms with Crippen molar-refractivity contribution in [2.24, 2.45) is 0 Å². The molecule has 0 aliphatic carbocycles. The average Bonchev–Trinajstić information content (AvgIpc) is 2.56. The summed E-state index contributed by atoms with van der Waals surface area (Å²) < 4.78 is 6.06. The second kappa shape index (κ2) is 13.4. The van der Waals surface area contributed by atoms with E-state index in [0.717, 1.165) is 18.6 Å². The Morgan fingerprint density at radius 2 is 1.39 bits per heavy atom. The van der Waals surface area contributed by atoms with Crippen molar-refractivity contribution in [1.29, 1.82) is 0 Å². The smallest absolute Gasteiger partial charge is 0.103 e. The Hall–Kier alpha value is -1.08. The van der Waals surface area contributed by atoms with Crippen LogP contribution in [0.5, 0.6) is 0 Å². The van der Waals surface area contributed by atoms with Gasteiger partial charge in [-0.15, -0.1) is 0 Å². The summed E-state index contributed by atoms with van der Waals surface area (Å²) >= 11 is 0. The van der Waals surface area contributed by atoms with Crippen LogP contribution in [0.2, 0.25) is 0 Å². The number of hydrogen-bond donors (Lipinski definition) is 0. The molecule has 0 aliphatic rings. The summed E-state index contributed by atoms with van der Waals surface area (Å²) in [6, 6.07) is 10.4. The molecule has 0 aliphatic heterocycles. The zero-order valence-corrected chi connectivity index (χ0v) is 15.4. The maximum Gasteiger partial charge on any atom is 0.103 e. The Kier molecular flexibility index (Phi) is 11.6. The molecular weight excluding hydrogens is 280 g/mol. The molecule has 0 fully saturated rings. The highest BCUT2D eigenvalue weighted by Crippen LogP contribution is 2.24. The number of unbranched alkanes of at least 4 members (excludes halogenated alkanes) is 9. The molecule has 0 heterocycles. The summed E-state index contributed by atoms with van der Waals surface area (Å²) in [7, 11) is 0. The van der Waals surface area contributed by atoms with Gasteiger partial charge in [-0.1, -0.05) is 102 Å². The lowest BCUT2D eigenvalue weighted by Crippen LogP contribution is -2.06. The Morgan fingerprint density at radius 1 is 0.870 bits per heavy atom. The van der Waals surface area contributed by atoms with Crippen LogP contribution in [-0.4, -0.2) is 6.61 Å². The second-order valence-corrected chi connectivity index (χ2v) is 6.69. The Morgan fingerprint density at radius 3 is 1.91 bits per heavy atom. The Balaban J connectivity index is 2.04. The van der Waals surface area contributed by atoms with Crippen molar-refractivity contribution in [2.45, 2.75) is 84.2 Å². The highest BCUT2D eigenvalue weighted by molar-refractivity contribution is 5.24. The molecular formula is C22H36O. The first-order valence-electron chi connectivity index (χ1n) is 9.57. The van der Waals surface area contributed by atoms with Gasteiger partial charge in [-0.3, -0.25) is 0 Å². The van der Waals surface area contributed by atoms with Crippen molar-refractivity contribution in [1.82, 2.24) is 0 Å². The molecule has 1 unspecified atom stereocenters. The van der Waals surface area contributed by atoms with E-state index in [1.54, 1.807) is 0 Å². The number of benzene rings is 1. The minimum atomic E-state index is 0.0507. The topological polar surface area (TPSA) is 9.23 Å². The molecule has 0 saturated heterocycles. The molecule has 1 rings (SSSR count). The zero-order valence-electron chi connectivity index (χ0n) is 15.4. The maximum absolute atomic E-state index is 6.06. The van der Waals surface area contributed by atoms with Gasteiger partial charge in [-0.05, 0) is 24.5 Å². The van der Waals surface area contributed by atoms with Gasteiger partial charge in [0.25, 0.3) is 0 Å². The quantitative estimate of drug-likeness (QED) is 0.259. The third-order valence-electron chi connectivity index (χ3n) is 4.33. The first kappa shape index (κ1) is 20.0. The van der Waals surface area contributed by atoms with Gasteiger partial charge >= 0.3 is 0 Å². The van der Waals surface area contributed by atoms with Gasteiger partial charge in [0.05, 0.1) is 0 Å². The fraction of sp³-hybridized carbons (Fsp3) is 0.636. The van der Waals surface area contributed by atoms with E-state index in [2.05, 4.69) is 44.7 Å². The second-order valence-electron chi connectivity index (χ2n) is 6.69. The molecule has 1 nitrogen and oxygen atoms in total. The van der Waals surface area contributed by atoms with E-state index in [1.807, 2.05) is 6.07 Å². The summed E-state index contributed by atoms with van der Waals surface area (Å²) in [5.41, 5.74) is 2.30. The lowest BCUT2D eigenvalue weighted by Gasteiger charge is -2.18. The van der Waals surface area contributed by atoms with Crippen molar-refractivity contribution in [3.63, 3.8) is 0 Å². The van der Waals surface area contributed by atoms with E-state index in [4.69, 9.17) is 4.74 Å². The lowest BCUT2D eigenvalue weighted by atomic mass is 10.0. The van der Waals surface area contributed by atoms with E-state index in [-0.39, 0.29) is 6.10 Å². The van der Waals surface area contributed by atoms with Gasteiger partial charge in [0.15, 0.2) is 0 Å². The van der Waals surface area contributed by atoms with Crippen molar-refractivity contribution in [2.75, 3.05) is 6.61 Å². The first-order valence-corrected chi connectivity index (χ1v) is 9.57. The Bertz CT molecular complexity index is 396. The van der Waals surface area contributed by atoms with E-state index in [0.29, 0.717) is 0 Å². The summed E-state index contributed by atoms with van der Waals surface area (Å²) in [5, 5.41) is 0. The van der Waals surface area contributed by atoms with E-state index in [9.17, 15) is 0 Å². The highest BCUT2D eigenvalue weighted by Gasteiger charge is 2.11. The number of rotatable bonds is 14. The molecule has 130 valence electrons. The van der Waals surface area contributed by atoms with Crippen LogP contribution in [0.25, 0.3) is 0 Å². The van der Waals surface area contributed by atoms with Crippen LogP contribution in [0.3, 0.4) is 0 Å². The van der Waals surface area contributed by atoms with Gasteiger partial charge < -0.3 is 4.74 Å². The molecule has 0 spiro atoms. The fourth-order valence-electron chi connectivity index (χ4n) is 2.94. The van der Waals surface area contributed by atoms with E-state index in [1.165, 1.54) is 63.4 Å². The molecule has 0 amide bonds. The van der Waals surface area contributed by atoms with Gasteiger partial charge in [0.2, 0.25) is 0 Å². The molecule has 1 atom stereocenters. The van der Waals surface area contributed by atoms with Crippen molar-refractivity contribution >= 4 is 0 Å². The summed E-state index contributed by atoms with van der Waals surface area (Å²) in [6.07, 6.45) is 13.6. The van der Waals surface area contributed by atoms with Crippen LogP contribution in [0, 0.1) is 0 Å². The van der Waals surface area contributed by atoms with Crippen LogP contribution in [0.1, 0.15) is 89.7 Å². The van der Waals surface area contributed by atoms with Crippen LogP contribution in [0.15, 0.2) is 42.5 Å². The van der Waals surface area contributed by atoms with E-state index < -0.39 is 0 Å². The van der Waals surface area contributed by atoms with E-state index >= 15 is 0 Å². The predicted octanol–water partition coefficient (Wildman–Crippen LogP) is 7.24. The third kappa shape index (κ3) is 9.61. The van der Waals surface area contributed by atoms with Gasteiger partial charge in [0, 0.05) is 6.61 Å². The van der Waals surface area contributed by atoms with Gasteiger partial charge in [-0.25, -0.2) is 0 Å². The van der Waals surface area contributed by atoms with Crippen LogP contribution in [0.4, 0.5) is 0 Å². The standard InChI is InChI=1S/C22H36O/c1-4-5-6-7-8-9-10-11-12-16-19-23-22(20(2)3)21-17-14-13-15-18-21/h13-15,17-18,22H,2,4-12,16,19H2,1,3H3. The van der Waals surface area contributed by atoms with Crippen LogP contribution >= 0.6 is 0 Å². The summed E-state index contributed by atoms with van der Waals surface area (Å²) in [5.74, 6) is 0. The predicted molar refractivity (Wildman–Crippen MR) is 102 cm³/mol. The molecule has 1 aromatic rings. The molecule has 0 bridgehead atoms. The largest absolute Gasteiger partial charge is 0.369 e. The first-order chi connectivity index (χ1) is 11.3. The molecule has 0 radical (unpaired) electrons. The Labute approximate surface area is 144 Å². The molecule has 23 heavy (non-hydrogen) atoms. The summed E-state index contributed by atoms with van der Waals surface area (Å²) in [4.78, 5) is 0. The van der Waals surface area contributed by atoms with Crippen molar-refractivity contribution in [3.05, 3.63) is 48.0 Å². The van der Waals surface area contributed by atoms with Gasteiger partial charge in [-0.2, -0.15) is 0 Å².